The minimum atomic E-state index is -0.666. The average molecular weight is 333 g/mol. The first-order valence-corrected chi connectivity index (χ1v) is 9.24. The third kappa shape index (κ3) is 9.98. The molecule has 1 rings (SSSR count). The van der Waals surface area contributed by atoms with E-state index in [1.807, 2.05) is 0 Å². The molecular formula is C19H31N3O2. The molecule has 0 aliphatic carbocycles. The quantitative estimate of drug-likeness (QED) is 0.447. The van der Waals surface area contributed by atoms with Crippen LogP contribution in [-0.4, -0.2) is 23.3 Å². The molecule has 0 saturated carbocycles. The van der Waals surface area contributed by atoms with Gasteiger partial charge < -0.3 is 10.6 Å². The Bertz CT molecular complexity index is 463. The SMILES string of the molecule is CCCCCCCCCCCCNC(=O)C(=O)Nc1ccccn1. The molecule has 0 bridgehead atoms. The van der Waals surface area contributed by atoms with E-state index in [1.54, 1.807) is 24.4 Å². The number of unbranched alkanes of at least 4 members (excludes halogenated alkanes) is 9. The molecule has 0 aromatic carbocycles. The number of hydrogen-bond acceptors (Lipinski definition) is 3. The second-order valence-corrected chi connectivity index (χ2v) is 6.11. The van der Waals surface area contributed by atoms with E-state index in [0.29, 0.717) is 12.4 Å². The monoisotopic (exact) mass is 333 g/mol. The maximum absolute atomic E-state index is 11.7. The Kier molecular flexibility index (Phi) is 11.3. The van der Waals surface area contributed by atoms with Crippen molar-refractivity contribution in [2.45, 2.75) is 71.1 Å². The number of carbonyl (C=O) groups is 2. The molecule has 5 heteroatoms. The smallest absolute Gasteiger partial charge is 0.314 e. The number of nitrogens with zero attached hydrogens (tertiary/aromatic N) is 1. The second kappa shape index (κ2) is 13.5. The van der Waals surface area contributed by atoms with Gasteiger partial charge in [0.1, 0.15) is 5.82 Å². The molecule has 0 saturated heterocycles. The van der Waals surface area contributed by atoms with Gasteiger partial charge in [0.2, 0.25) is 0 Å². The number of hydrogen-bond donors (Lipinski definition) is 2. The molecule has 1 heterocycles. The van der Waals surface area contributed by atoms with Gasteiger partial charge in [0.05, 0.1) is 0 Å². The van der Waals surface area contributed by atoms with Gasteiger partial charge in [0.25, 0.3) is 0 Å². The van der Waals surface area contributed by atoms with Gasteiger partial charge in [0.15, 0.2) is 0 Å². The summed E-state index contributed by atoms with van der Waals surface area (Å²) < 4.78 is 0. The predicted molar refractivity (Wildman–Crippen MR) is 97.7 cm³/mol. The minimum absolute atomic E-state index is 0.386. The summed E-state index contributed by atoms with van der Waals surface area (Å²) in [6.07, 6.45) is 14.1. The normalized spacial score (nSPS) is 10.4. The Balaban J connectivity index is 1.95. The Morgan fingerprint density at radius 1 is 0.875 bits per heavy atom. The van der Waals surface area contributed by atoms with Crippen molar-refractivity contribution >= 4 is 17.6 Å². The summed E-state index contributed by atoms with van der Waals surface area (Å²) in [5.74, 6) is -0.881. The third-order valence-electron chi connectivity index (χ3n) is 3.93. The van der Waals surface area contributed by atoms with Gasteiger partial charge in [-0.1, -0.05) is 70.8 Å². The Morgan fingerprint density at radius 2 is 1.50 bits per heavy atom. The summed E-state index contributed by atoms with van der Waals surface area (Å²) in [5.41, 5.74) is 0. The lowest BCUT2D eigenvalue weighted by Crippen LogP contribution is -2.36. The molecule has 5 nitrogen and oxygen atoms in total. The van der Waals surface area contributed by atoms with E-state index in [0.717, 1.165) is 12.8 Å². The molecule has 0 atom stereocenters. The van der Waals surface area contributed by atoms with Gasteiger partial charge in [-0.25, -0.2) is 4.98 Å². The largest absolute Gasteiger partial charge is 0.348 e. The van der Waals surface area contributed by atoms with Crippen molar-refractivity contribution in [2.75, 3.05) is 11.9 Å². The number of amides is 2. The van der Waals surface area contributed by atoms with Crippen molar-refractivity contribution in [1.29, 1.82) is 0 Å². The van der Waals surface area contributed by atoms with Crippen LogP contribution in [0.1, 0.15) is 71.1 Å². The van der Waals surface area contributed by atoms with Crippen LogP contribution in [0.5, 0.6) is 0 Å². The molecule has 2 amide bonds. The van der Waals surface area contributed by atoms with Crippen molar-refractivity contribution in [3.63, 3.8) is 0 Å². The highest BCUT2D eigenvalue weighted by molar-refractivity contribution is 6.39. The Morgan fingerprint density at radius 3 is 2.08 bits per heavy atom. The van der Waals surface area contributed by atoms with Crippen LogP contribution in [0, 0.1) is 0 Å². The molecule has 0 spiro atoms. The fraction of sp³-hybridized carbons (Fsp3) is 0.632. The van der Waals surface area contributed by atoms with E-state index in [1.165, 1.54) is 51.4 Å². The summed E-state index contributed by atoms with van der Waals surface area (Å²) in [6.45, 7) is 2.78. The van der Waals surface area contributed by atoms with E-state index in [2.05, 4.69) is 22.5 Å². The van der Waals surface area contributed by atoms with Gasteiger partial charge in [-0.3, -0.25) is 9.59 Å². The molecule has 0 aliphatic heterocycles. The standard InChI is InChI=1S/C19H31N3O2/c1-2-3-4-5-6-7-8-9-10-12-16-21-18(23)19(24)22-17-14-11-13-15-20-17/h11,13-15H,2-10,12,16H2,1H3,(H,21,23)(H,20,22,24). The van der Waals surface area contributed by atoms with Gasteiger partial charge >= 0.3 is 11.8 Å². The van der Waals surface area contributed by atoms with Crippen molar-refractivity contribution in [2.24, 2.45) is 0 Å². The van der Waals surface area contributed by atoms with E-state index in [-0.39, 0.29) is 0 Å². The third-order valence-corrected chi connectivity index (χ3v) is 3.93. The highest BCUT2D eigenvalue weighted by Gasteiger charge is 2.12. The summed E-state index contributed by atoms with van der Waals surface area (Å²) >= 11 is 0. The van der Waals surface area contributed by atoms with Gasteiger partial charge in [-0.15, -0.1) is 0 Å². The molecular weight excluding hydrogens is 302 g/mol. The number of rotatable bonds is 12. The number of carbonyl (C=O) groups excluding carboxylic acids is 2. The lowest BCUT2D eigenvalue weighted by atomic mass is 10.1. The zero-order chi connectivity index (χ0) is 17.5. The molecule has 2 N–H and O–H groups in total. The first-order chi connectivity index (χ1) is 11.7. The van der Waals surface area contributed by atoms with Crippen molar-refractivity contribution in [3.05, 3.63) is 24.4 Å². The van der Waals surface area contributed by atoms with E-state index in [9.17, 15) is 9.59 Å². The fourth-order valence-electron chi connectivity index (χ4n) is 2.50. The van der Waals surface area contributed by atoms with Crippen LogP contribution in [0.15, 0.2) is 24.4 Å². The summed E-state index contributed by atoms with van der Waals surface area (Å²) in [5, 5.41) is 5.12. The van der Waals surface area contributed by atoms with Gasteiger partial charge in [-0.05, 0) is 18.6 Å². The van der Waals surface area contributed by atoms with Crippen molar-refractivity contribution in [1.82, 2.24) is 10.3 Å². The topological polar surface area (TPSA) is 71.1 Å². The van der Waals surface area contributed by atoms with Crippen molar-refractivity contribution in [3.8, 4) is 0 Å². The molecule has 0 aliphatic rings. The summed E-state index contributed by atoms with van der Waals surface area (Å²) in [6, 6.07) is 5.15. The Hall–Kier alpha value is -1.91. The zero-order valence-electron chi connectivity index (χ0n) is 14.9. The summed E-state index contributed by atoms with van der Waals surface area (Å²) in [7, 11) is 0. The minimum Gasteiger partial charge on any atom is -0.348 e. The molecule has 134 valence electrons. The fourth-order valence-corrected chi connectivity index (χ4v) is 2.50. The second-order valence-electron chi connectivity index (χ2n) is 6.11. The molecule has 1 aromatic heterocycles. The maximum Gasteiger partial charge on any atom is 0.314 e. The molecule has 1 aromatic rings. The predicted octanol–water partition coefficient (Wildman–Crippen LogP) is 4.06. The maximum atomic E-state index is 11.7. The number of pyridine rings is 1. The average Bonchev–Trinajstić information content (AvgIpc) is 2.60. The number of aromatic nitrogens is 1. The van der Waals surface area contributed by atoms with Crippen LogP contribution in [0.3, 0.4) is 0 Å². The van der Waals surface area contributed by atoms with E-state index < -0.39 is 11.8 Å². The summed E-state index contributed by atoms with van der Waals surface area (Å²) in [4.78, 5) is 27.3. The first kappa shape index (κ1) is 20.1. The molecule has 0 fully saturated rings. The van der Waals surface area contributed by atoms with Crippen LogP contribution in [0.4, 0.5) is 5.82 Å². The first-order valence-electron chi connectivity index (χ1n) is 9.24. The van der Waals surface area contributed by atoms with Crippen LogP contribution < -0.4 is 10.6 Å². The number of nitrogens with one attached hydrogen (secondary N) is 2. The molecule has 0 unspecified atom stereocenters. The molecule has 24 heavy (non-hydrogen) atoms. The zero-order valence-corrected chi connectivity index (χ0v) is 14.9. The highest BCUT2D eigenvalue weighted by Crippen LogP contribution is 2.10. The Labute approximate surface area is 145 Å². The van der Waals surface area contributed by atoms with Gasteiger partial charge in [0, 0.05) is 12.7 Å². The highest BCUT2D eigenvalue weighted by atomic mass is 16.2. The van der Waals surface area contributed by atoms with Gasteiger partial charge in [-0.2, -0.15) is 0 Å². The van der Waals surface area contributed by atoms with Crippen molar-refractivity contribution < 1.29 is 9.59 Å². The van der Waals surface area contributed by atoms with Crippen LogP contribution in [-0.2, 0) is 9.59 Å². The lowest BCUT2D eigenvalue weighted by Gasteiger charge is -2.06. The van der Waals surface area contributed by atoms with Crippen LogP contribution >= 0.6 is 0 Å². The van der Waals surface area contributed by atoms with E-state index >= 15 is 0 Å². The molecule has 0 radical (unpaired) electrons. The van der Waals surface area contributed by atoms with E-state index in [4.69, 9.17) is 0 Å². The lowest BCUT2D eigenvalue weighted by molar-refractivity contribution is -0.136. The van der Waals surface area contributed by atoms with Crippen LogP contribution in [0.2, 0.25) is 0 Å². The van der Waals surface area contributed by atoms with Crippen LogP contribution in [0.25, 0.3) is 0 Å². The number of anilines is 1.